The van der Waals surface area contributed by atoms with E-state index in [4.69, 9.17) is 0 Å². The van der Waals surface area contributed by atoms with E-state index in [2.05, 4.69) is 24.3 Å². The first kappa shape index (κ1) is 16.8. The number of aryl methyl sites for hydroxylation is 1. The molecule has 3 nitrogen and oxygen atoms in total. The molecule has 3 aromatic rings. The average molecular weight is 356 g/mol. The van der Waals surface area contributed by atoms with Gasteiger partial charge >= 0.3 is 0 Å². The van der Waals surface area contributed by atoms with Gasteiger partial charge in [-0.05, 0) is 48.5 Å². The molecule has 0 aromatic heterocycles. The fourth-order valence-corrected chi connectivity index (χ4v) is 5.66. The lowest BCUT2D eigenvalue weighted by atomic mass is 10.2. The van der Waals surface area contributed by atoms with Crippen molar-refractivity contribution < 1.29 is 13.0 Å². The molecule has 0 aliphatic heterocycles. The largest absolute Gasteiger partial charge is 0.294 e. The van der Waals surface area contributed by atoms with E-state index < -0.39 is 18.0 Å². The Hall–Kier alpha value is -2.00. The van der Waals surface area contributed by atoms with E-state index in [-0.39, 0.29) is 4.90 Å². The fraction of sp³-hybridized carbons (Fsp3) is 0.0526. The second-order valence-electron chi connectivity index (χ2n) is 5.43. The van der Waals surface area contributed by atoms with Crippen LogP contribution >= 0.6 is 7.92 Å². The molecule has 0 saturated heterocycles. The SMILES string of the molecule is Cc1ccc(S(=O)(=O)O)cc1P(c1ccccc1)c1ccccc1. The molecular formula is C19H17O3PS. The molecule has 5 heteroatoms. The van der Waals surface area contributed by atoms with E-state index in [1.165, 1.54) is 6.07 Å². The minimum absolute atomic E-state index is 0.0672. The van der Waals surface area contributed by atoms with Gasteiger partial charge in [0.2, 0.25) is 0 Å². The van der Waals surface area contributed by atoms with Crippen LogP contribution in [0.1, 0.15) is 5.56 Å². The maximum absolute atomic E-state index is 11.6. The number of hydrogen-bond acceptors (Lipinski definition) is 2. The maximum atomic E-state index is 11.6. The molecule has 0 spiro atoms. The molecule has 0 saturated carbocycles. The first-order valence-electron chi connectivity index (χ1n) is 7.45. The van der Waals surface area contributed by atoms with Crippen LogP contribution in [0.5, 0.6) is 0 Å². The van der Waals surface area contributed by atoms with Crippen LogP contribution in [0.25, 0.3) is 0 Å². The lowest BCUT2D eigenvalue weighted by Gasteiger charge is -2.21. The monoisotopic (exact) mass is 356 g/mol. The molecule has 0 aliphatic rings. The summed E-state index contributed by atoms with van der Waals surface area (Å²) in [5, 5.41) is 3.20. The normalized spacial score (nSPS) is 11.6. The van der Waals surface area contributed by atoms with Gasteiger partial charge in [-0.3, -0.25) is 4.55 Å². The third kappa shape index (κ3) is 3.57. The van der Waals surface area contributed by atoms with Gasteiger partial charge in [0.15, 0.2) is 0 Å². The summed E-state index contributed by atoms with van der Waals surface area (Å²) in [7, 11) is -5.14. The smallest absolute Gasteiger partial charge is 0.282 e. The van der Waals surface area contributed by atoms with Crippen LogP contribution < -0.4 is 15.9 Å². The van der Waals surface area contributed by atoms with Gasteiger partial charge in [-0.1, -0.05) is 66.7 Å². The van der Waals surface area contributed by atoms with E-state index in [1.807, 2.05) is 43.3 Å². The predicted octanol–water partition coefficient (Wildman–Crippen LogP) is 3.00. The number of hydrogen-bond donors (Lipinski definition) is 1. The molecule has 0 atom stereocenters. The molecule has 24 heavy (non-hydrogen) atoms. The van der Waals surface area contributed by atoms with Crippen molar-refractivity contribution in [1.82, 2.24) is 0 Å². The Morgan fingerprint density at radius 2 is 1.29 bits per heavy atom. The Morgan fingerprint density at radius 1 is 0.792 bits per heavy atom. The molecule has 0 aliphatic carbocycles. The summed E-state index contributed by atoms with van der Waals surface area (Å²) in [4.78, 5) is -0.0672. The van der Waals surface area contributed by atoms with Crippen molar-refractivity contribution in [2.45, 2.75) is 11.8 Å². The summed E-state index contributed by atoms with van der Waals surface area (Å²) < 4.78 is 32.5. The quantitative estimate of drug-likeness (QED) is 0.578. The topological polar surface area (TPSA) is 54.4 Å². The zero-order chi connectivity index (χ0) is 17.2. The van der Waals surface area contributed by atoms with Crippen LogP contribution in [0.4, 0.5) is 0 Å². The Balaban J connectivity index is 2.24. The lowest BCUT2D eigenvalue weighted by molar-refractivity contribution is 0.483. The molecule has 3 rings (SSSR count). The summed E-state index contributed by atoms with van der Waals surface area (Å²) in [6, 6.07) is 24.9. The number of benzene rings is 3. The van der Waals surface area contributed by atoms with Crippen molar-refractivity contribution in [2.75, 3.05) is 0 Å². The second kappa shape index (κ2) is 6.86. The van der Waals surface area contributed by atoms with Gasteiger partial charge in [0, 0.05) is 0 Å². The van der Waals surface area contributed by atoms with Crippen molar-refractivity contribution in [3.05, 3.63) is 84.4 Å². The molecule has 0 radical (unpaired) electrons. The minimum Gasteiger partial charge on any atom is -0.282 e. The molecule has 0 bridgehead atoms. The summed E-state index contributed by atoms with van der Waals surface area (Å²) in [6.45, 7) is 1.96. The van der Waals surface area contributed by atoms with Gasteiger partial charge in [0.25, 0.3) is 10.1 Å². The Kier molecular flexibility index (Phi) is 4.81. The number of rotatable bonds is 4. The molecule has 0 fully saturated rings. The summed E-state index contributed by atoms with van der Waals surface area (Å²) in [6.07, 6.45) is 0. The highest BCUT2D eigenvalue weighted by Crippen LogP contribution is 2.34. The predicted molar refractivity (Wildman–Crippen MR) is 99.7 cm³/mol. The van der Waals surface area contributed by atoms with Gasteiger partial charge in [0.1, 0.15) is 0 Å². The van der Waals surface area contributed by atoms with Gasteiger partial charge in [-0.2, -0.15) is 8.42 Å². The van der Waals surface area contributed by atoms with Gasteiger partial charge in [-0.15, -0.1) is 0 Å². The molecule has 0 unspecified atom stereocenters. The summed E-state index contributed by atoms with van der Waals surface area (Å²) in [5.41, 5.74) is 1.00. The Labute approximate surface area is 143 Å². The summed E-state index contributed by atoms with van der Waals surface area (Å²) in [5.74, 6) is 0. The van der Waals surface area contributed by atoms with Gasteiger partial charge in [0.05, 0.1) is 4.90 Å². The van der Waals surface area contributed by atoms with Crippen LogP contribution in [0.3, 0.4) is 0 Å². The Morgan fingerprint density at radius 3 is 1.75 bits per heavy atom. The lowest BCUT2D eigenvalue weighted by Crippen LogP contribution is -2.23. The highest BCUT2D eigenvalue weighted by molar-refractivity contribution is 7.86. The van der Waals surface area contributed by atoms with E-state index >= 15 is 0 Å². The first-order valence-corrected chi connectivity index (χ1v) is 10.2. The highest BCUT2D eigenvalue weighted by atomic mass is 32.2. The third-order valence-electron chi connectivity index (χ3n) is 3.75. The van der Waals surface area contributed by atoms with Crippen LogP contribution in [0, 0.1) is 6.92 Å². The van der Waals surface area contributed by atoms with Crippen LogP contribution in [-0.4, -0.2) is 13.0 Å². The van der Waals surface area contributed by atoms with Crippen molar-refractivity contribution in [2.24, 2.45) is 0 Å². The van der Waals surface area contributed by atoms with Crippen molar-refractivity contribution in [3.8, 4) is 0 Å². The van der Waals surface area contributed by atoms with E-state index in [1.54, 1.807) is 12.1 Å². The van der Waals surface area contributed by atoms with E-state index in [0.717, 1.165) is 21.5 Å². The zero-order valence-electron chi connectivity index (χ0n) is 13.1. The minimum atomic E-state index is -4.23. The van der Waals surface area contributed by atoms with Crippen molar-refractivity contribution in [1.29, 1.82) is 0 Å². The molecule has 3 aromatic carbocycles. The van der Waals surface area contributed by atoms with Crippen molar-refractivity contribution in [3.63, 3.8) is 0 Å². The van der Waals surface area contributed by atoms with Gasteiger partial charge in [-0.25, -0.2) is 0 Å². The molecule has 0 heterocycles. The fourth-order valence-electron chi connectivity index (χ4n) is 2.57. The van der Waals surface area contributed by atoms with Crippen LogP contribution in [0.15, 0.2) is 83.8 Å². The standard InChI is InChI=1S/C19H17O3PS/c1-15-12-13-18(24(20,21)22)14-19(15)23(16-8-4-2-5-9-16)17-10-6-3-7-11-17/h2-14H,1H3,(H,20,21,22). The molecule has 122 valence electrons. The molecular weight excluding hydrogens is 339 g/mol. The van der Waals surface area contributed by atoms with E-state index in [0.29, 0.717) is 0 Å². The van der Waals surface area contributed by atoms with Crippen molar-refractivity contribution >= 4 is 34.0 Å². The highest BCUT2D eigenvalue weighted by Gasteiger charge is 2.20. The second-order valence-corrected chi connectivity index (χ2v) is 9.04. The maximum Gasteiger partial charge on any atom is 0.294 e. The average Bonchev–Trinajstić information content (AvgIpc) is 2.58. The van der Waals surface area contributed by atoms with Gasteiger partial charge < -0.3 is 0 Å². The molecule has 1 N–H and O–H groups in total. The van der Waals surface area contributed by atoms with E-state index in [9.17, 15) is 13.0 Å². The summed E-state index contributed by atoms with van der Waals surface area (Å²) >= 11 is 0. The Bertz CT molecular complexity index is 899. The van der Waals surface area contributed by atoms with Crippen LogP contribution in [-0.2, 0) is 10.1 Å². The first-order chi connectivity index (χ1) is 11.5. The molecule has 0 amide bonds. The zero-order valence-corrected chi connectivity index (χ0v) is 14.8. The van der Waals surface area contributed by atoms with Crippen LogP contribution in [0.2, 0.25) is 0 Å². The third-order valence-corrected chi connectivity index (χ3v) is 7.19.